The summed E-state index contributed by atoms with van der Waals surface area (Å²) in [6, 6.07) is 15.5. The molecule has 0 fully saturated rings. The first-order valence-corrected chi connectivity index (χ1v) is 9.59. The topological polar surface area (TPSA) is 47.8 Å². The summed E-state index contributed by atoms with van der Waals surface area (Å²) in [5.74, 6) is 0.884. The number of halogens is 1. The largest absolute Gasteiger partial charge is 0.293 e. The molecule has 2 aromatic carbocycles. The molecule has 1 heterocycles. The van der Waals surface area contributed by atoms with Crippen molar-refractivity contribution in [2.45, 2.75) is 31.2 Å². The normalized spacial score (nSPS) is 12.2. The first-order valence-electron chi connectivity index (χ1n) is 7.92. The number of carbonyl (C=O) groups is 1. The number of rotatable bonds is 5. The fourth-order valence-corrected chi connectivity index (χ4v) is 3.82. The van der Waals surface area contributed by atoms with E-state index in [9.17, 15) is 4.79 Å². The Morgan fingerprint density at radius 2 is 1.76 bits per heavy atom. The van der Waals surface area contributed by atoms with E-state index >= 15 is 0 Å². The number of Topliss-reactive ketones (excluding diaryl/α,β-unsaturated/α-hetero) is 1. The summed E-state index contributed by atoms with van der Waals surface area (Å²) in [5, 5.41) is 8.95. The first kappa shape index (κ1) is 17.9. The Bertz CT molecular complexity index is 905. The van der Waals surface area contributed by atoms with Gasteiger partial charge in [0.25, 0.3) is 0 Å². The smallest absolute Gasteiger partial charge is 0.196 e. The van der Waals surface area contributed by atoms with Crippen molar-refractivity contribution >= 4 is 33.5 Å². The van der Waals surface area contributed by atoms with E-state index in [-0.39, 0.29) is 11.0 Å². The molecule has 0 aliphatic heterocycles. The van der Waals surface area contributed by atoms with Gasteiger partial charge in [0.05, 0.1) is 10.9 Å². The molecule has 0 bridgehead atoms. The lowest BCUT2D eigenvalue weighted by molar-refractivity contribution is 0.0994. The van der Waals surface area contributed by atoms with E-state index in [4.69, 9.17) is 0 Å². The summed E-state index contributed by atoms with van der Waals surface area (Å²) < 4.78 is 2.96. The number of hydrogen-bond donors (Lipinski definition) is 0. The highest BCUT2D eigenvalue weighted by molar-refractivity contribution is 9.10. The lowest BCUT2D eigenvalue weighted by atomic mass is 10.1. The molecule has 128 valence electrons. The molecule has 6 heteroatoms. The van der Waals surface area contributed by atoms with Crippen molar-refractivity contribution in [1.82, 2.24) is 14.8 Å². The molecule has 1 unspecified atom stereocenters. The van der Waals surface area contributed by atoms with E-state index in [1.165, 1.54) is 11.8 Å². The molecule has 25 heavy (non-hydrogen) atoms. The van der Waals surface area contributed by atoms with Gasteiger partial charge in [-0.05, 0) is 44.5 Å². The van der Waals surface area contributed by atoms with Crippen LogP contribution in [-0.4, -0.2) is 25.8 Å². The Morgan fingerprint density at radius 3 is 2.44 bits per heavy atom. The predicted molar refractivity (Wildman–Crippen MR) is 105 cm³/mol. The van der Waals surface area contributed by atoms with Crippen LogP contribution in [-0.2, 0) is 0 Å². The summed E-state index contributed by atoms with van der Waals surface area (Å²) in [6.07, 6.45) is 0. The van der Waals surface area contributed by atoms with Crippen molar-refractivity contribution < 1.29 is 4.79 Å². The summed E-state index contributed by atoms with van der Waals surface area (Å²) in [4.78, 5) is 12.7. The van der Waals surface area contributed by atoms with Crippen molar-refractivity contribution in [3.05, 3.63) is 70.0 Å². The molecule has 0 saturated carbocycles. The standard InChI is InChI=1S/C19H18BrN3OS/c1-12-6-4-5-7-17(12)23-14(3)21-22-19(23)25-13(2)18(24)15-8-10-16(20)11-9-15/h4-11,13H,1-3H3. The SMILES string of the molecule is Cc1ccccc1-n1c(C)nnc1SC(C)C(=O)c1ccc(Br)cc1. The summed E-state index contributed by atoms with van der Waals surface area (Å²) in [6.45, 7) is 5.88. The van der Waals surface area contributed by atoms with Crippen LogP contribution in [0.25, 0.3) is 5.69 Å². The zero-order valence-electron chi connectivity index (χ0n) is 14.2. The number of para-hydroxylation sites is 1. The van der Waals surface area contributed by atoms with E-state index in [0.717, 1.165) is 26.7 Å². The maximum Gasteiger partial charge on any atom is 0.196 e. The Hall–Kier alpha value is -1.92. The summed E-state index contributed by atoms with van der Waals surface area (Å²) in [7, 11) is 0. The minimum atomic E-state index is -0.257. The number of thioether (sulfide) groups is 1. The lowest BCUT2D eigenvalue weighted by Gasteiger charge is -2.14. The van der Waals surface area contributed by atoms with Gasteiger partial charge >= 0.3 is 0 Å². The number of carbonyl (C=O) groups excluding carboxylic acids is 1. The van der Waals surface area contributed by atoms with Gasteiger partial charge in [0.15, 0.2) is 10.9 Å². The van der Waals surface area contributed by atoms with Crippen LogP contribution in [0.3, 0.4) is 0 Å². The van der Waals surface area contributed by atoms with Gasteiger partial charge in [-0.1, -0.05) is 58.0 Å². The van der Waals surface area contributed by atoms with Crippen LogP contribution in [0.5, 0.6) is 0 Å². The number of hydrogen-bond acceptors (Lipinski definition) is 4. The zero-order valence-corrected chi connectivity index (χ0v) is 16.6. The maximum atomic E-state index is 12.7. The third kappa shape index (κ3) is 3.85. The molecule has 3 rings (SSSR count). The Morgan fingerprint density at radius 1 is 1.08 bits per heavy atom. The third-order valence-electron chi connectivity index (χ3n) is 3.93. The zero-order chi connectivity index (χ0) is 18.0. The van der Waals surface area contributed by atoms with Gasteiger partial charge < -0.3 is 0 Å². The highest BCUT2D eigenvalue weighted by atomic mass is 79.9. The minimum absolute atomic E-state index is 0.0782. The van der Waals surface area contributed by atoms with Crippen LogP contribution in [0, 0.1) is 13.8 Å². The van der Waals surface area contributed by atoms with Crippen molar-refractivity contribution in [2.24, 2.45) is 0 Å². The van der Waals surface area contributed by atoms with Crippen LogP contribution in [0.1, 0.15) is 28.7 Å². The predicted octanol–water partition coefficient (Wildman–Crippen LogP) is 5.01. The lowest BCUT2D eigenvalue weighted by Crippen LogP contribution is -2.14. The van der Waals surface area contributed by atoms with Crippen molar-refractivity contribution in [1.29, 1.82) is 0 Å². The third-order valence-corrected chi connectivity index (χ3v) is 5.50. The molecule has 0 aliphatic rings. The molecule has 0 radical (unpaired) electrons. The highest BCUT2D eigenvalue weighted by Crippen LogP contribution is 2.28. The van der Waals surface area contributed by atoms with Gasteiger partial charge in [-0.3, -0.25) is 9.36 Å². The average Bonchev–Trinajstić information content (AvgIpc) is 2.96. The van der Waals surface area contributed by atoms with E-state index in [0.29, 0.717) is 5.56 Å². The number of aromatic nitrogens is 3. The number of nitrogens with zero attached hydrogens (tertiary/aromatic N) is 3. The monoisotopic (exact) mass is 415 g/mol. The molecule has 0 aliphatic carbocycles. The van der Waals surface area contributed by atoms with Gasteiger partial charge in [0.2, 0.25) is 0 Å². The number of ketones is 1. The Kier molecular flexibility index (Phi) is 5.39. The van der Waals surface area contributed by atoms with Gasteiger partial charge in [-0.25, -0.2) is 0 Å². The second-order valence-electron chi connectivity index (χ2n) is 5.78. The van der Waals surface area contributed by atoms with Crippen LogP contribution in [0.2, 0.25) is 0 Å². The average molecular weight is 416 g/mol. The molecule has 1 aromatic heterocycles. The number of benzene rings is 2. The molecule has 0 saturated heterocycles. The Balaban J connectivity index is 1.88. The van der Waals surface area contributed by atoms with Gasteiger partial charge in [-0.15, -0.1) is 10.2 Å². The molecule has 1 atom stereocenters. The first-order chi connectivity index (χ1) is 12.0. The van der Waals surface area contributed by atoms with Crippen molar-refractivity contribution in [3.8, 4) is 5.69 Å². The second kappa shape index (κ2) is 7.54. The molecule has 3 aromatic rings. The molecular formula is C19H18BrN3OS. The quantitative estimate of drug-likeness (QED) is 0.433. The highest BCUT2D eigenvalue weighted by Gasteiger charge is 2.21. The van der Waals surface area contributed by atoms with Crippen molar-refractivity contribution in [3.63, 3.8) is 0 Å². The fourth-order valence-electron chi connectivity index (χ4n) is 2.57. The molecule has 0 amide bonds. The van der Waals surface area contributed by atoms with Crippen LogP contribution in [0.4, 0.5) is 0 Å². The van der Waals surface area contributed by atoms with E-state index in [2.05, 4.69) is 39.1 Å². The van der Waals surface area contributed by atoms with E-state index in [1.54, 1.807) is 0 Å². The van der Waals surface area contributed by atoms with Crippen LogP contribution in [0.15, 0.2) is 58.2 Å². The van der Waals surface area contributed by atoms with E-state index < -0.39 is 0 Å². The van der Waals surface area contributed by atoms with Gasteiger partial charge in [0, 0.05) is 10.0 Å². The van der Waals surface area contributed by atoms with Crippen LogP contribution >= 0.6 is 27.7 Å². The minimum Gasteiger partial charge on any atom is -0.293 e. The fraction of sp³-hybridized carbons (Fsp3) is 0.211. The summed E-state index contributed by atoms with van der Waals surface area (Å²) >= 11 is 4.82. The van der Waals surface area contributed by atoms with Gasteiger partial charge in [0.1, 0.15) is 5.82 Å². The molecule has 4 nitrogen and oxygen atoms in total. The molecule has 0 N–H and O–H groups in total. The summed E-state index contributed by atoms with van der Waals surface area (Å²) in [5.41, 5.74) is 2.87. The van der Waals surface area contributed by atoms with Crippen molar-refractivity contribution in [2.75, 3.05) is 0 Å². The number of aryl methyl sites for hydroxylation is 2. The van der Waals surface area contributed by atoms with E-state index in [1.807, 2.05) is 60.9 Å². The second-order valence-corrected chi connectivity index (χ2v) is 8.01. The Labute approximate surface area is 159 Å². The maximum absolute atomic E-state index is 12.7. The molecule has 0 spiro atoms. The van der Waals surface area contributed by atoms with Gasteiger partial charge in [-0.2, -0.15) is 0 Å². The molecular weight excluding hydrogens is 398 g/mol. The van der Waals surface area contributed by atoms with Crippen LogP contribution < -0.4 is 0 Å².